The van der Waals surface area contributed by atoms with Crippen molar-refractivity contribution in [2.24, 2.45) is 7.05 Å². The van der Waals surface area contributed by atoms with Crippen molar-refractivity contribution >= 4 is 34.1 Å². The second-order valence-corrected chi connectivity index (χ2v) is 4.34. The summed E-state index contributed by atoms with van der Waals surface area (Å²) >= 11 is 12.2. The Balaban J connectivity index is 2.94. The van der Waals surface area contributed by atoms with Crippen LogP contribution in [0.2, 0.25) is 10.2 Å². The van der Waals surface area contributed by atoms with Gasteiger partial charge in [-0.2, -0.15) is 0 Å². The highest BCUT2D eigenvalue weighted by Gasteiger charge is 2.18. The van der Waals surface area contributed by atoms with Gasteiger partial charge in [-0.15, -0.1) is 0 Å². The summed E-state index contributed by atoms with van der Waals surface area (Å²) < 4.78 is 1.79. The molecule has 2 nitrogen and oxygen atoms in total. The molecular formula is C11H11Cl2NO. The molecule has 1 N–H and O–H groups in total. The highest BCUT2D eigenvalue weighted by Crippen LogP contribution is 2.36. The smallest absolute Gasteiger partial charge is 0.115 e. The van der Waals surface area contributed by atoms with Crippen LogP contribution in [0.5, 0.6) is 0 Å². The maximum Gasteiger partial charge on any atom is 0.115 e. The van der Waals surface area contributed by atoms with Crippen LogP contribution in [0.1, 0.15) is 18.6 Å². The van der Waals surface area contributed by atoms with E-state index < -0.39 is 6.10 Å². The minimum Gasteiger partial charge on any atom is -0.389 e. The Morgan fingerprint density at radius 1 is 1.33 bits per heavy atom. The zero-order valence-electron chi connectivity index (χ0n) is 8.46. The lowest BCUT2D eigenvalue weighted by Crippen LogP contribution is -1.91. The molecule has 0 amide bonds. The molecule has 1 heterocycles. The number of nitrogens with zero attached hydrogens (tertiary/aromatic N) is 1. The normalized spacial score (nSPS) is 13.4. The summed E-state index contributed by atoms with van der Waals surface area (Å²) in [6.07, 6.45) is -0.598. The molecule has 0 aliphatic rings. The molecule has 0 radical (unpaired) electrons. The van der Waals surface area contributed by atoms with E-state index in [1.807, 2.05) is 25.2 Å². The fourth-order valence-electron chi connectivity index (χ4n) is 1.86. The average Bonchev–Trinajstić information content (AvgIpc) is 2.41. The SMILES string of the molecule is CC(O)c1c(Cl)n(C)c2c(Cl)cccc12. The molecule has 2 rings (SSSR count). The van der Waals surface area contributed by atoms with E-state index in [0.29, 0.717) is 10.2 Å². The van der Waals surface area contributed by atoms with Crippen molar-refractivity contribution in [3.63, 3.8) is 0 Å². The van der Waals surface area contributed by atoms with Gasteiger partial charge in [0.1, 0.15) is 5.15 Å². The van der Waals surface area contributed by atoms with Crippen LogP contribution in [-0.4, -0.2) is 9.67 Å². The van der Waals surface area contributed by atoms with Gasteiger partial charge >= 0.3 is 0 Å². The summed E-state index contributed by atoms with van der Waals surface area (Å²) in [5.74, 6) is 0. The van der Waals surface area contributed by atoms with Crippen LogP contribution >= 0.6 is 23.2 Å². The van der Waals surface area contributed by atoms with Crippen molar-refractivity contribution in [2.45, 2.75) is 13.0 Å². The van der Waals surface area contributed by atoms with Gasteiger partial charge < -0.3 is 9.67 Å². The largest absolute Gasteiger partial charge is 0.389 e. The lowest BCUT2D eigenvalue weighted by molar-refractivity contribution is 0.201. The predicted octanol–water partition coefficient (Wildman–Crippen LogP) is 3.54. The molecule has 0 fully saturated rings. The summed E-state index contributed by atoms with van der Waals surface area (Å²) in [6.45, 7) is 1.70. The van der Waals surface area contributed by atoms with E-state index in [1.54, 1.807) is 11.5 Å². The number of halogens is 2. The van der Waals surface area contributed by atoms with Crippen LogP contribution < -0.4 is 0 Å². The summed E-state index contributed by atoms with van der Waals surface area (Å²) in [6, 6.07) is 5.58. The molecule has 1 aromatic carbocycles. The molecule has 1 aromatic heterocycles. The maximum absolute atomic E-state index is 9.67. The number of benzene rings is 1. The van der Waals surface area contributed by atoms with Crippen LogP contribution in [-0.2, 0) is 7.05 Å². The molecule has 0 bridgehead atoms. The zero-order chi connectivity index (χ0) is 11.2. The summed E-state index contributed by atoms with van der Waals surface area (Å²) in [5, 5.41) is 11.8. The first-order valence-electron chi connectivity index (χ1n) is 4.64. The molecule has 4 heteroatoms. The summed E-state index contributed by atoms with van der Waals surface area (Å²) in [4.78, 5) is 0. The molecule has 0 spiro atoms. The Hall–Kier alpha value is -0.700. The van der Waals surface area contributed by atoms with E-state index in [9.17, 15) is 5.11 Å². The van der Waals surface area contributed by atoms with Crippen LogP contribution in [0.15, 0.2) is 18.2 Å². The first kappa shape index (κ1) is 10.8. The molecule has 15 heavy (non-hydrogen) atoms. The molecule has 0 aliphatic heterocycles. The van der Waals surface area contributed by atoms with Gasteiger partial charge in [0, 0.05) is 18.0 Å². The third-order valence-electron chi connectivity index (χ3n) is 2.55. The van der Waals surface area contributed by atoms with Crippen molar-refractivity contribution in [3.05, 3.63) is 33.9 Å². The Bertz CT molecular complexity index is 517. The molecule has 1 atom stereocenters. The van der Waals surface area contributed by atoms with Crippen molar-refractivity contribution in [3.8, 4) is 0 Å². The third-order valence-corrected chi connectivity index (χ3v) is 3.31. The van der Waals surface area contributed by atoms with E-state index >= 15 is 0 Å². The van der Waals surface area contributed by atoms with Crippen molar-refractivity contribution in [1.82, 2.24) is 4.57 Å². The highest BCUT2D eigenvalue weighted by molar-refractivity contribution is 6.37. The summed E-state index contributed by atoms with van der Waals surface area (Å²) in [7, 11) is 1.84. The minimum atomic E-state index is -0.598. The van der Waals surface area contributed by atoms with Gasteiger partial charge in [0.25, 0.3) is 0 Å². The van der Waals surface area contributed by atoms with Crippen LogP contribution in [0, 0.1) is 0 Å². The molecule has 0 saturated heterocycles. The topological polar surface area (TPSA) is 25.2 Å². The number of rotatable bonds is 1. The predicted molar refractivity (Wildman–Crippen MR) is 63.6 cm³/mol. The Morgan fingerprint density at radius 3 is 2.60 bits per heavy atom. The zero-order valence-corrected chi connectivity index (χ0v) is 9.97. The summed E-state index contributed by atoms with van der Waals surface area (Å²) in [5.41, 5.74) is 1.59. The van der Waals surface area contributed by atoms with E-state index in [0.717, 1.165) is 16.5 Å². The highest BCUT2D eigenvalue weighted by atomic mass is 35.5. The number of aliphatic hydroxyl groups is 1. The molecule has 1 unspecified atom stereocenters. The van der Waals surface area contributed by atoms with Gasteiger partial charge in [0.05, 0.1) is 16.6 Å². The standard InChI is InChI=1S/C11H11Cl2NO/c1-6(15)9-7-4-3-5-8(12)10(7)14(2)11(9)13/h3-6,15H,1-2H3. The van der Waals surface area contributed by atoms with Crippen molar-refractivity contribution in [1.29, 1.82) is 0 Å². The monoisotopic (exact) mass is 243 g/mol. The van der Waals surface area contributed by atoms with Gasteiger partial charge in [-0.05, 0) is 13.0 Å². The second-order valence-electron chi connectivity index (χ2n) is 3.58. The number of hydrogen-bond donors (Lipinski definition) is 1. The molecule has 0 aliphatic carbocycles. The maximum atomic E-state index is 9.67. The van der Waals surface area contributed by atoms with Crippen LogP contribution in [0.4, 0.5) is 0 Å². The molecular weight excluding hydrogens is 233 g/mol. The minimum absolute atomic E-state index is 0.535. The van der Waals surface area contributed by atoms with Gasteiger partial charge in [0.15, 0.2) is 0 Å². The molecule has 2 aromatic rings. The second kappa shape index (κ2) is 3.71. The van der Waals surface area contributed by atoms with Crippen molar-refractivity contribution in [2.75, 3.05) is 0 Å². The lowest BCUT2D eigenvalue weighted by Gasteiger charge is -2.02. The average molecular weight is 244 g/mol. The molecule has 80 valence electrons. The Morgan fingerprint density at radius 2 is 2.00 bits per heavy atom. The number of fused-ring (bicyclic) bond motifs is 1. The first-order valence-corrected chi connectivity index (χ1v) is 5.40. The van der Waals surface area contributed by atoms with Gasteiger partial charge in [-0.3, -0.25) is 0 Å². The fraction of sp³-hybridized carbons (Fsp3) is 0.273. The number of para-hydroxylation sites is 1. The Labute approximate surface area is 98.0 Å². The van der Waals surface area contributed by atoms with Crippen LogP contribution in [0.25, 0.3) is 10.9 Å². The number of aromatic nitrogens is 1. The third kappa shape index (κ3) is 1.53. The van der Waals surface area contributed by atoms with Crippen LogP contribution in [0.3, 0.4) is 0 Å². The first-order chi connectivity index (χ1) is 7.04. The van der Waals surface area contributed by atoms with E-state index in [-0.39, 0.29) is 0 Å². The Kier molecular flexibility index (Phi) is 2.67. The van der Waals surface area contributed by atoms with E-state index in [2.05, 4.69) is 0 Å². The lowest BCUT2D eigenvalue weighted by atomic mass is 10.1. The van der Waals surface area contributed by atoms with Gasteiger partial charge in [0.2, 0.25) is 0 Å². The van der Waals surface area contributed by atoms with Gasteiger partial charge in [-0.1, -0.05) is 35.3 Å². The van der Waals surface area contributed by atoms with Crippen molar-refractivity contribution < 1.29 is 5.11 Å². The number of hydrogen-bond acceptors (Lipinski definition) is 1. The number of aryl methyl sites for hydroxylation is 1. The fourth-order valence-corrected chi connectivity index (χ4v) is 2.51. The van der Waals surface area contributed by atoms with E-state index in [4.69, 9.17) is 23.2 Å². The quantitative estimate of drug-likeness (QED) is 0.815. The van der Waals surface area contributed by atoms with E-state index in [1.165, 1.54) is 0 Å². The number of aliphatic hydroxyl groups excluding tert-OH is 1. The van der Waals surface area contributed by atoms with Gasteiger partial charge in [-0.25, -0.2) is 0 Å². The molecule has 0 saturated carbocycles.